The van der Waals surface area contributed by atoms with Crippen molar-refractivity contribution in [2.45, 2.75) is 5.54 Å². The number of carbonyl (C=O) groups excluding carboxylic acids is 2. The summed E-state index contributed by atoms with van der Waals surface area (Å²) in [7, 11) is 0. The van der Waals surface area contributed by atoms with Gasteiger partial charge in [0.1, 0.15) is 5.75 Å². The van der Waals surface area contributed by atoms with E-state index in [-0.39, 0.29) is 5.75 Å². The van der Waals surface area contributed by atoms with Crippen molar-refractivity contribution in [2.75, 3.05) is 0 Å². The normalized spacial score (nSPS) is 21.4. The lowest BCUT2D eigenvalue weighted by atomic mass is 9.83. The van der Waals surface area contributed by atoms with Gasteiger partial charge in [0.25, 0.3) is 5.91 Å². The van der Waals surface area contributed by atoms with Crippen LogP contribution in [0.25, 0.3) is 0 Å². The Hall–Kier alpha value is -2.82. The fourth-order valence-electron chi connectivity index (χ4n) is 2.46. The summed E-state index contributed by atoms with van der Waals surface area (Å²) in [6.45, 7) is 0. The molecule has 1 aliphatic heterocycles. The molecule has 20 heavy (non-hydrogen) atoms. The lowest BCUT2D eigenvalue weighted by Gasteiger charge is -2.27. The van der Waals surface area contributed by atoms with Crippen LogP contribution in [0, 0.1) is 0 Å². The van der Waals surface area contributed by atoms with Crippen LogP contribution < -0.4 is 10.6 Å². The molecule has 1 aliphatic rings. The largest absolute Gasteiger partial charge is 0.508 e. The van der Waals surface area contributed by atoms with E-state index < -0.39 is 17.5 Å². The number of phenols is 1. The SMILES string of the molecule is O=C1NC(=O)[C@@](c2ccccc2)(c2cccc(O)c2)N1. The van der Waals surface area contributed by atoms with Crippen LogP contribution in [0.2, 0.25) is 0 Å². The Labute approximate surface area is 115 Å². The van der Waals surface area contributed by atoms with Gasteiger partial charge in [0, 0.05) is 0 Å². The van der Waals surface area contributed by atoms with Crippen molar-refractivity contribution in [1.29, 1.82) is 0 Å². The predicted molar refractivity (Wildman–Crippen MR) is 72.0 cm³/mol. The lowest BCUT2D eigenvalue weighted by molar-refractivity contribution is -0.122. The smallest absolute Gasteiger partial charge is 0.322 e. The third-order valence-electron chi connectivity index (χ3n) is 3.35. The number of aromatic hydroxyl groups is 1. The fourth-order valence-corrected chi connectivity index (χ4v) is 2.46. The summed E-state index contributed by atoms with van der Waals surface area (Å²) in [6.07, 6.45) is 0. The highest BCUT2D eigenvalue weighted by Gasteiger charge is 2.49. The van der Waals surface area contributed by atoms with E-state index in [1.54, 1.807) is 36.4 Å². The number of nitrogens with one attached hydrogen (secondary N) is 2. The number of benzene rings is 2. The summed E-state index contributed by atoms with van der Waals surface area (Å²) >= 11 is 0. The number of amides is 3. The van der Waals surface area contributed by atoms with Gasteiger partial charge in [-0.15, -0.1) is 0 Å². The molecule has 100 valence electrons. The Balaban J connectivity index is 2.24. The predicted octanol–water partition coefficient (Wildman–Crippen LogP) is 1.48. The van der Waals surface area contributed by atoms with Gasteiger partial charge in [0.2, 0.25) is 0 Å². The van der Waals surface area contributed by atoms with Gasteiger partial charge < -0.3 is 10.4 Å². The number of hydrogen-bond donors (Lipinski definition) is 3. The van der Waals surface area contributed by atoms with Crippen LogP contribution in [0.4, 0.5) is 4.79 Å². The van der Waals surface area contributed by atoms with E-state index in [1.165, 1.54) is 12.1 Å². The number of rotatable bonds is 2. The minimum atomic E-state index is -1.31. The molecule has 0 saturated carbocycles. The maximum atomic E-state index is 12.3. The highest BCUT2D eigenvalue weighted by molar-refractivity contribution is 6.09. The summed E-state index contributed by atoms with van der Waals surface area (Å²) in [6, 6.07) is 14.7. The van der Waals surface area contributed by atoms with Gasteiger partial charge in [0.15, 0.2) is 5.54 Å². The van der Waals surface area contributed by atoms with Gasteiger partial charge in [0.05, 0.1) is 0 Å². The molecule has 3 rings (SSSR count). The van der Waals surface area contributed by atoms with Crippen LogP contribution in [0.15, 0.2) is 54.6 Å². The molecule has 2 aromatic rings. The molecule has 5 nitrogen and oxygen atoms in total. The van der Waals surface area contributed by atoms with Gasteiger partial charge in [-0.1, -0.05) is 42.5 Å². The average molecular weight is 268 g/mol. The van der Waals surface area contributed by atoms with Gasteiger partial charge in [-0.05, 0) is 23.3 Å². The number of hydrogen-bond acceptors (Lipinski definition) is 3. The van der Waals surface area contributed by atoms with Crippen LogP contribution in [-0.2, 0) is 10.3 Å². The summed E-state index contributed by atoms with van der Waals surface area (Å²) in [5, 5.41) is 14.6. The molecule has 1 fully saturated rings. The zero-order chi connectivity index (χ0) is 14.2. The van der Waals surface area contributed by atoms with Crippen molar-refractivity contribution in [2.24, 2.45) is 0 Å². The van der Waals surface area contributed by atoms with E-state index in [4.69, 9.17) is 0 Å². The molecule has 0 radical (unpaired) electrons. The quantitative estimate of drug-likeness (QED) is 0.722. The van der Waals surface area contributed by atoms with Crippen molar-refractivity contribution in [3.8, 4) is 5.75 Å². The first-order chi connectivity index (χ1) is 9.63. The second-order valence-electron chi connectivity index (χ2n) is 4.57. The van der Waals surface area contributed by atoms with Crippen LogP contribution >= 0.6 is 0 Å². The second-order valence-corrected chi connectivity index (χ2v) is 4.57. The zero-order valence-corrected chi connectivity index (χ0v) is 10.5. The highest BCUT2D eigenvalue weighted by Crippen LogP contribution is 2.33. The Bertz CT molecular complexity index is 685. The standard InChI is InChI=1S/C15H12N2O3/c18-12-8-4-7-11(9-12)15(10-5-2-1-3-6-10)13(19)16-14(20)17-15/h1-9,18H,(H2,16,17,19,20)/t15-/m1/s1. The van der Waals surface area contributed by atoms with Crippen molar-refractivity contribution >= 4 is 11.9 Å². The zero-order valence-electron chi connectivity index (χ0n) is 10.5. The van der Waals surface area contributed by atoms with E-state index in [1.807, 2.05) is 6.07 Å². The Morgan fingerprint density at radius 3 is 2.20 bits per heavy atom. The second kappa shape index (κ2) is 4.38. The first-order valence-corrected chi connectivity index (χ1v) is 6.11. The van der Waals surface area contributed by atoms with Crippen molar-refractivity contribution in [1.82, 2.24) is 10.6 Å². The molecular formula is C15H12N2O3. The lowest BCUT2D eigenvalue weighted by Crippen LogP contribution is -2.44. The molecule has 1 saturated heterocycles. The van der Waals surface area contributed by atoms with Gasteiger partial charge >= 0.3 is 6.03 Å². The van der Waals surface area contributed by atoms with E-state index >= 15 is 0 Å². The summed E-state index contributed by atoms with van der Waals surface area (Å²) in [5.41, 5.74) is -0.169. The first-order valence-electron chi connectivity index (χ1n) is 6.11. The summed E-state index contributed by atoms with van der Waals surface area (Å²) < 4.78 is 0. The number of imide groups is 1. The van der Waals surface area contributed by atoms with Crippen LogP contribution in [0.3, 0.4) is 0 Å². The maximum Gasteiger partial charge on any atom is 0.322 e. The molecule has 2 aromatic carbocycles. The van der Waals surface area contributed by atoms with Crippen LogP contribution in [0.5, 0.6) is 5.75 Å². The topological polar surface area (TPSA) is 78.4 Å². The molecule has 1 heterocycles. The van der Waals surface area contributed by atoms with E-state index in [0.717, 1.165) is 0 Å². The third-order valence-corrected chi connectivity index (χ3v) is 3.35. The van der Waals surface area contributed by atoms with Gasteiger partial charge in [-0.2, -0.15) is 0 Å². The Kier molecular flexibility index (Phi) is 2.68. The van der Waals surface area contributed by atoms with Gasteiger partial charge in [-0.3, -0.25) is 10.1 Å². The monoisotopic (exact) mass is 268 g/mol. The fraction of sp³-hybridized carbons (Fsp3) is 0.0667. The van der Waals surface area contributed by atoms with E-state index in [9.17, 15) is 14.7 Å². The van der Waals surface area contributed by atoms with Crippen molar-refractivity contribution < 1.29 is 14.7 Å². The van der Waals surface area contributed by atoms with Crippen LogP contribution in [0.1, 0.15) is 11.1 Å². The summed E-state index contributed by atoms with van der Waals surface area (Å²) in [5.74, 6) is -0.425. The molecule has 3 N–H and O–H groups in total. The minimum absolute atomic E-state index is 0.0340. The van der Waals surface area contributed by atoms with Crippen LogP contribution in [-0.4, -0.2) is 17.0 Å². The molecule has 0 spiro atoms. The number of urea groups is 1. The Morgan fingerprint density at radius 2 is 1.60 bits per heavy atom. The van der Waals surface area contributed by atoms with E-state index in [0.29, 0.717) is 11.1 Å². The molecule has 3 amide bonds. The third kappa shape index (κ3) is 1.72. The molecule has 5 heteroatoms. The Morgan fingerprint density at radius 1 is 0.900 bits per heavy atom. The van der Waals surface area contributed by atoms with Gasteiger partial charge in [-0.25, -0.2) is 4.79 Å². The molecule has 0 aliphatic carbocycles. The molecular weight excluding hydrogens is 256 g/mol. The van der Waals surface area contributed by atoms with Crippen molar-refractivity contribution in [3.05, 3.63) is 65.7 Å². The molecule has 0 bridgehead atoms. The summed E-state index contributed by atoms with van der Waals surface area (Å²) in [4.78, 5) is 23.9. The molecule has 1 atom stereocenters. The highest BCUT2D eigenvalue weighted by atomic mass is 16.3. The average Bonchev–Trinajstić information content (AvgIpc) is 2.75. The minimum Gasteiger partial charge on any atom is -0.508 e. The molecule has 0 aromatic heterocycles. The maximum absolute atomic E-state index is 12.3. The number of carbonyl (C=O) groups is 2. The van der Waals surface area contributed by atoms with Crippen molar-refractivity contribution in [3.63, 3.8) is 0 Å². The number of phenolic OH excluding ortho intramolecular Hbond substituents is 1. The van der Waals surface area contributed by atoms with E-state index in [2.05, 4.69) is 10.6 Å². The first kappa shape index (κ1) is 12.2. The molecule has 0 unspecified atom stereocenters.